The maximum Gasteiger partial charge on any atom is 0.224 e. The van der Waals surface area contributed by atoms with Crippen molar-refractivity contribution in [2.24, 2.45) is 17.3 Å². The van der Waals surface area contributed by atoms with Crippen molar-refractivity contribution < 1.29 is 14.3 Å². The highest BCUT2D eigenvalue weighted by Crippen LogP contribution is 2.65. The van der Waals surface area contributed by atoms with Gasteiger partial charge in [0.2, 0.25) is 5.91 Å². The minimum absolute atomic E-state index is 0.123. The zero-order valence-corrected chi connectivity index (χ0v) is 17.4. The van der Waals surface area contributed by atoms with Crippen LogP contribution in [0.3, 0.4) is 0 Å². The molecule has 0 heterocycles. The molecular formula is C21H28BrNO3. The Morgan fingerprint density at radius 2 is 1.77 bits per heavy atom. The Balaban J connectivity index is 1.50. The number of carbonyl (C=O) groups excluding carboxylic acids is 1. The number of alkyl halides is 1. The van der Waals surface area contributed by atoms with Crippen LogP contribution in [0.15, 0.2) is 12.1 Å². The minimum Gasteiger partial charge on any atom is -0.493 e. The Bertz CT molecular complexity index is 718. The van der Waals surface area contributed by atoms with Gasteiger partial charge in [0.05, 0.1) is 14.2 Å². The maximum atomic E-state index is 12.9. The van der Waals surface area contributed by atoms with E-state index >= 15 is 0 Å². The molecule has 1 N–H and O–H groups in total. The summed E-state index contributed by atoms with van der Waals surface area (Å²) in [6.07, 6.45) is 8.16. The van der Waals surface area contributed by atoms with Gasteiger partial charge in [-0.3, -0.25) is 4.79 Å². The molecule has 4 aliphatic rings. The van der Waals surface area contributed by atoms with Crippen LogP contribution in [0.5, 0.6) is 11.5 Å². The highest BCUT2D eigenvalue weighted by Gasteiger charge is 2.57. The Labute approximate surface area is 164 Å². The first-order valence-corrected chi connectivity index (χ1v) is 10.3. The number of anilines is 1. The molecule has 1 aromatic rings. The van der Waals surface area contributed by atoms with Crippen molar-refractivity contribution in [2.75, 3.05) is 19.5 Å². The largest absolute Gasteiger partial charge is 0.493 e. The van der Waals surface area contributed by atoms with Gasteiger partial charge in [-0.25, -0.2) is 0 Å². The van der Waals surface area contributed by atoms with Gasteiger partial charge in [-0.1, -0.05) is 15.9 Å². The lowest BCUT2D eigenvalue weighted by Gasteiger charge is -2.60. The second-order valence-corrected chi connectivity index (χ2v) is 10.5. The number of halogens is 1. The lowest BCUT2D eigenvalue weighted by Crippen LogP contribution is -2.53. The number of amides is 1. The van der Waals surface area contributed by atoms with Gasteiger partial charge in [-0.05, 0) is 74.3 Å². The molecule has 4 nitrogen and oxygen atoms in total. The number of hydrogen-bond donors (Lipinski definition) is 1. The molecular weight excluding hydrogens is 394 g/mol. The summed E-state index contributed by atoms with van der Waals surface area (Å²) in [5, 5.41) is 3.13. The average Bonchev–Trinajstić information content (AvgIpc) is 2.53. The normalized spacial score (nSPS) is 34.6. The highest BCUT2D eigenvalue weighted by molar-refractivity contribution is 9.10. The Morgan fingerprint density at radius 1 is 1.15 bits per heavy atom. The number of carbonyl (C=O) groups is 1. The van der Waals surface area contributed by atoms with Gasteiger partial charge in [0, 0.05) is 22.5 Å². The first kappa shape index (κ1) is 18.1. The topological polar surface area (TPSA) is 47.6 Å². The van der Waals surface area contributed by atoms with Gasteiger partial charge >= 0.3 is 0 Å². The van der Waals surface area contributed by atoms with Crippen LogP contribution in [0.2, 0.25) is 0 Å². The van der Waals surface area contributed by atoms with E-state index in [-0.39, 0.29) is 15.6 Å². The molecule has 5 heteroatoms. The van der Waals surface area contributed by atoms with Crippen LogP contribution in [0.1, 0.15) is 50.5 Å². The molecule has 0 aromatic heterocycles. The molecule has 4 aliphatic carbocycles. The quantitative estimate of drug-likeness (QED) is 0.674. The number of rotatable bonds is 5. The van der Waals surface area contributed by atoms with Gasteiger partial charge in [0.25, 0.3) is 0 Å². The molecule has 4 saturated carbocycles. The number of hydrogen-bond acceptors (Lipinski definition) is 3. The van der Waals surface area contributed by atoms with Crippen LogP contribution in [0.4, 0.5) is 5.69 Å². The van der Waals surface area contributed by atoms with E-state index in [9.17, 15) is 4.79 Å². The van der Waals surface area contributed by atoms with Gasteiger partial charge < -0.3 is 14.8 Å². The standard InChI is InChI=1S/C21H28BrNO3/c1-13-4-17(25-2)18(26-3)6-16(13)23-19(24)11-20-7-14-5-15(8-20)10-21(22,9-14)12-20/h4,6,14-15H,5,7-12H2,1-3H3,(H,23,24). The lowest BCUT2D eigenvalue weighted by atomic mass is 9.48. The van der Waals surface area contributed by atoms with E-state index in [4.69, 9.17) is 9.47 Å². The molecule has 0 aliphatic heterocycles. The second-order valence-electron chi connectivity index (χ2n) is 8.86. The Morgan fingerprint density at radius 3 is 2.35 bits per heavy atom. The zero-order chi connectivity index (χ0) is 18.5. The fourth-order valence-corrected chi connectivity index (χ4v) is 7.70. The predicted octanol–water partition coefficient (Wildman–Crippen LogP) is 5.07. The predicted molar refractivity (Wildman–Crippen MR) is 106 cm³/mol. The van der Waals surface area contributed by atoms with Crippen molar-refractivity contribution in [1.82, 2.24) is 0 Å². The van der Waals surface area contributed by atoms with Crippen molar-refractivity contribution in [3.63, 3.8) is 0 Å². The molecule has 0 spiro atoms. The van der Waals surface area contributed by atoms with Crippen LogP contribution in [0, 0.1) is 24.2 Å². The monoisotopic (exact) mass is 421 g/mol. The fraction of sp³-hybridized carbons (Fsp3) is 0.667. The molecule has 4 fully saturated rings. The molecule has 4 bridgehead atoms. The van der Waals surface area contributed by atoms with Crippen molar-refractivity contribution in [3.8, 4) is 11.5 Å². The van der Waals surface area contributed by atoms with Crippen LogP contribution < -0.4 is 14.8 Å². The molecule has 142 valence electrons. The van der Waals surface area contributed by atoms with Crippen LogP contribution in [0.25, 0.3) is 0 Å². The summed E-state index contributed by atoms with van der Waals surface area (Å²) in [6, 6.07) is 3.77. The van der Waals surface area contributed by atoms with Crippen LogP contribution in [-0.2, 0) is 4.79 Å². The molecule has 26 heavy (non-hydrogen) atoms. The third kappa shape index (κ3) is 3.23. The van der Waals surface area contributed by atoms with E-state index in [0.717, 1.165) is 29.5 Å². The first-order chi connectivity index (χ1) is 12.3. The zero-order valence-electron chi connectivity index (χ0n) is 15.9. The average molecular weight is 422 g/mol. The van der Waals surface area contributed by atoms with Crippen LogP contribution >= 0.6 is 15.9 Å². The van der Waals surface area contributed by atoms with Crippen molar-refractivity contribution in [2.45, 2.75) is 56.2 Å². The summed E-state index contributed by atoms with van der Waals surface area (Å²) in [6.45, 7) is 1.98. The van der Waals surface area contributed by atoms with E-state index < -0.39 is 0 Å². The Kier molecular flexibility index (Phi) is 4.49. The van der Waals surface area contributed by atoms with Gasteiger partial charge in [-0.2, -0.15) is 0 Å². The third-order valence-corrected chi connectivity index (χ3v) is 7.58. The second kappa shape index (κ2) is 6.43. The highest BCUT2D eigenvalue weighted by atomic mass is 79.9. The van der Waals surface area contributed by atoms with E-state index in [1.54, 1.807) is 14.2 Å². The van der Waals surface area contributed by atoms with Gasteiger partial charge in [0.1, 0.15) is 0 Å². The number of methoxy groups -OCH3 is 2. The van der Waals surface area contributed by atoms with Crippen molar-refractivity contribution >= 4 is 27.5 Å². The molecule has 2 unspecified atom stereocenters. The summed E-state index contributed by atoms with van der Waals surface area (Å²) in [4.78, 5) is 12.9. The molecule has 5 rings (SSSR count). The molecule has 2 atom stereocenters. The fourth-order valence-electron chi connectivity index (χ4n) is 6.19. The number of nitrogens with one attached hydrogen (secondary N) is 1. The lowest BCUT2D eigenvalue weighted by molar-refractivity contribution is -0.123. The smallest absolute Gasteiger partial charge is 0.224 e. The van der Waals surface area contributed by atoms with Gasteiger partial charge in [0.15, 0.2) is 11.5 Å². The van der Waals surface area contributed by atoms with Gasteiger partial charge in [-0.15, -0.1) is 0 Å². The number of aryl methyl sites for hydroxylation is 1. The van der Waals surface area contributed by atoms with Crippen molar-refractivity contribution in [1.29, 1.82) is 0 Å². The van der Waals surface area contributed by atoms with Crippen LogP contribution in [-0.4, -0.2) is 24.5 Å². The summed E-state index contributed by atoms with van der Waals surface area (Å²) in [7, 11) is 3.24. The van der Waals surface area contributed by atoms with Crippen molar-refractivity contribution in [3.05, 3.63) is 17.7 Å². The first-order valence-electron chi connectivity index (χ1n) is 9.55. The Hall–Kier alpha value is -1.23. The molecule has 0 radical (unpaired) electrons. The number of benzene rings is 1. The summed E-state index contributed by atoms with van der Waals surface area (Å²) < 4.78 is 11.0. The molecule has 0 saturated heterocycles. The number of ether oxygens (including phenoxy) is 2. The minimum atomic E-state index is 0.123. The molecule has 1 amide bonds. The van der Waals surface area contributed by atoms with E-state index in [2.05, 4.69) is 21.2 Å². The van der Waals surface area contributed by atoms with E-state index in [1.165, 1.54) is 32.1 Å². The molecule has 1 aromatic carbocycles. The summed E-state index contributed by atoms with van der Waals surface area (Å²) in [5.74, 6) is 3.05. The summed E-state index contributed by atoms with van der Waals surface area (Å²) in [5.41, 5.74) is 1.98. The van der Waals surface area contributed by atoms with E-state index in [1.807, 2.05) is 19.1 Å². The SMILES string of the molecule is COc1cc(C)c(NC(=O)CC23CC4CC(CC(Br)(C4)C2)C3)cc1OC. The maximum absolute atomic E-state index is 12.9. The third-order valence-electron chi connectivity index (χ3n) is 6.65. The van der Waals surface area contributed by atoms with E-state index in [0.29, 0.717) is 17.9 Å². The summed E-state index contributed by atoms with van der Waals surface area (Å²) >= 11 is 4.03.